The van der Waals surface area contributed by atoms with E-state index in [2.05, 4.69) is 0 Å². The number of hydrogen-bond acceptors (Lipinski definition) is 1. The van der Waals surface area contributed by atoms with E-state index >= 15 is 0 Å². The predicted octanol–water partition coefficient (Wildman–Crippen LogP) is 2.74. The van der Waals surface area contributed by atoms with Crippen molar-refractivity contribution in [2.24, 2.45) is 0 Å². The number of rotatable bonds is 1. The van der Waals surface area contributed by atoms with Crippen LogP contribution in [0.5, 0.6) is 5.75 Å². The average Bonchev–Trinajstić information content (AvgIpc) is 2.42. The highest BCUT2D eigenvalue weighted by Crippen LogP contribution is 2.28. The maximum Gasteiger partial charge on any atom is 0.122 e. The van der Waals surface area contributed by atoms with Gasteiger partial charge in [-0.1, -0.05) is 25.9 Å². The highest BCUT2D eigenvalue weighted by atomic mass is 16.5. The molecule has 1 aromatic carbocycles. The molecule has 2 rings (SSSR count). The lowest BCUT2D eigenvalue weighted by Crippen LogP contribution is -1.87. The summed E-state index contributed by atoms with van der Waals surface area (Å²) >= 11 is 0. The van der Waals surface area contributed by atoms with Crippen molar-refractivity contribution in [1.29, 1.82) is 0 Å². The molecule has 1 heterocycles. The topological polar surface area (TPSA) is 9.23 Å². The summed E-state index contributed by atoms with van der Waals surface area (Å²) in [6.07, 6.45) is -2.51. The van der Waals surface area contributed by atoms with Crippen LogP contribution in [0.4, 0.5) is 0 Å². The molecular weight excluding hydrogens is 148 g/mol. The van der Waals surface area contributed by atoms with Crippen molar-refractivity contribution in [3.05, 3.63) is 29.3 Å². The third-order valence-electron chi connectivity index (χ3n) is 1.70. The summed E-state index contributed by atoms with van der Waals surface area (Å²) in [5.41, 5.74) is -0.0175. The van der Waals surface area contributed by atoms with Crippen LogP contribution in [0.15, 0.2) is 18.1 Å². The van der Waals surface area contributed by atoms with Crippen molar-refractivity contribution >= 4 is 0 Å². The molecule has 1 aliphatic rings. The van der Waals surface area contributed by atoms with E-state index in [0.29, 0.717) is 0 Å². The molecule has 0 aliphatic carbocycles. The van der Waals surface area contributed by atoms with Crippen molar-refractivity contribution < 1.29 is 14.3 Å². The van der Waals surface area contributed by atoms with E-state index in [4.69, 9.17) is 14.3 Å². The van der Waals surface area contributed by atoms with E-state index in [0.717, 1.165) is 0 Å². The lowest BCUT2D eigenvalue weighted by molar-refractivity contribution is 0.357. The van der Waals surface area contributed by atoms with Gasteiger partial charge in [-0.2, -0.15) is 0 Å². The quantitative estimate of drug-likeness (QED) is 0.628. The Hall–Kier alpha value is -0.980. The Bertz CT molecular complexity index is 551. The smallest absolute Gasteiger partial charge is 0.122 e. The molecule has 1 nitrogen and oxygen atoms in total. The lowest BCUT2D eigenvalue weighted by atomic mass is 10.00. The fourth-order valence-electron chi connectivity index (χ4n) is 0.990. The summed E-state index contributed by atoms with van der Waals surface area (Å²) < 4.78 is 59.4. The van der Waals surface area contributed by atoms with Gasteiger partial charge in [-0.15, -0.1) is 0 Å². The molecule has 0 atom stereocenters. The molecular formula is C11H14O. The van der Waals surface area contributed by atoms with Gasteiger partial charge in [-0.05, 0) is 23.1 Å². The first-order valence-corrected chi connectivity index (χ1v) is 3.85. The molecule has 0 bridgehead atoms. The van der Waals surface area contributed by atoms with Gasteiger partial charge in [0.25, 0.3) is 0 Å². The Morgan fingerprint density at radius 1 is 1.58 bits per heavy atom. The SMILES string of the molecule is [2H]c1c([2H])c(C(C)C)c([2H])c2c1OC([2H])([2H])C2([2H])[2H]. The number of hydrogen-bond donors (Lipinski definition) is 0. The molecule has 0 unspecified atom stereocenters. The minimum absolute atomic E-state index is 0.202. The van der Waals surface area contributed by atoms with Gasteiger partial charge in [-0.25, -0.2) is 0 Å². The van der Waals surface area contributed by atoms with Crippen LogP contribution >= 0.6 is 0 Å². The minimum atomic E-state index is -2.64. The summed E-state index contributed by atoms with van der Waals surface area (Å²) in [4.78, 5) is 0. The van der Waals surface area contributed by atoms with Crippen LogP contribution in [0.1, 0.15) is 40.5 Å². The summed E-state index contributed by atoms with van der Waals surface area (Å²) in [5, 5.41) is 0. The molecule has 0 N–H and O–H groups in total. The molecule has 0 radical (unpaired) electrons. The zero-order chi connectivity index (χ0) is 14.7. The molecule has 0 spiro atoms. The van der Waals surface area contributed by atoms with E-state index in [1.165, 1.54) is 0 Å². The fourth-order valence-corrected chi connectivity index (χ4v) is 0.990. The van der Waals surface area contributed by atoms with Gasteiger partial charge < -0.3 is 4.74 Å². The number of ether oxygens (including phenoxy) is 1. The molecule has 0 fully saturated rings. The van der Waals surface area contributed by atoms with E-state index in [1.54, 1.807) is 13.8 Å². The van der Waals surface area contributed by atoms with Crippen LogP contribution in [0.3, 0.4) is 0 Å². The van der Waals surface area contributed by atoms with E-state index < -0.39 is 12.9 Å². The van der Waals surface area contributed by atoms with Gasteiger partial charge in [0.1, 0.15) is 5.75 Å². The Kier molecular flexibility index (Phi) is 0.717. The Balaban J connectivity index is 2.86. The van der Waals surface area contributed by atoms with E-state index in [-0.39, 0.29) is 40.9 Å². The molecule has 12 heavy (non-hydrogen) atoms. The largest absolute Gasteiger partial charge is 0.493 e. The molecule has 0 saturated heterocycles. The van der Waals surface area contributed by atoms with E-state index in [9.17, 15) is 0 Å². The van der Waals surface area contributed by atoms with Crippen molar-refractivity contribution in [2.45, 2.75) is 26.1 Å². The highest BCUT2D eigenvalue weighted by molar-refractivity contribution is 5.40. The zero-order valence-electron chi connectivity index (χ0n) is 14.0. The minimum Gasteiger partial charge on any atom is -0.493 e. The third kappa shape index (κ3) is 1.20. The summed E-state index contributed by atoms with van der Waals surface area (Å²) in [7, 11) is 0. The summed E-state index contributed by atoms with van der Waals surface area (Å²) in [6.45, 7) is 0.859. The van der Waals surface area contributed by atoms with Crippen LogP contribution in [0, 0.1) is 0 Å². The van der Waals surface area contributed by atoms with Crippen molar-refractivity contribution in [2.75, 3.05) is 6.56 Å². The van der Waals surface area contributed by atoms with Gasteiger partial charge in [-0.3, -0.25) is 0 Å². The fraction of sp³-hybridized carbons (Fsp3) is 0.455. The standard InChI is InChI=1S/C11H14O/c1-8(2)9-3-4-11-10(7-9)5-6-12-11/h3-4,7-8H,5-6H2,1-2H3/i3D,4D,5D2,6D2,7D. The number of fused-ring (bicyclic) bond motifs is 1. The summed E-state index contributed by atoms with van der Waals surface area (Å²) in [5.74, 6) is -0.550. The van der Waals surface area contributed by atoms with Crippen LogP contribution in [0.2, 0.25) is 0 Å². The second kappa shape index (κ2) is 2.81. The third-order valence-corrected chi connectivity index (χ3v) is 1.70. The lowest BCUT2D eigenvalue weighted by Gasteiger charge is -2.06. The van der Waals surface area contributed by atoms with E-state index in [1.807, 2.05) is 0 Å². The van der Waals surface area contributed by atoms with Gasteiger partial charge in [0.2, 0.25) is 0 Å². The highest BCUT2D eigenvalue weighted by Gasteiger charge is 2.12. The Labute approximate surface area is 83.2 Å². The molecule has 1 aliphatic heterocycles. The Morgan fingerprint density at radius 3 is 3.17 bits per heavy atom. The first-order valence-electron chi connectivity index (χ1n) is 7.35. The maximum absolute atomic E-state index is 8.04. The van der Waals surface area contributed by atoms with Gasteiger partial charge >= 0.3 is 0 Å². The zero-order valence-corrected chi connectivity index (χ0v) is 6.99. The normalized spacial score (nSPS) is 31.4. The van der Waals surface area contributed by atoms with Crippen molar-refractivity contribution in [1.82, 2.24) is 0 Å². The second-order valence-electron chi connectivity index (χ2n) is 2.98. The molecule has 1 aromatic rings. The first kappa shape index (κ1) is 3.06. The van der Waals surface area contributed by atoms with Crippen LogP contribution < -0.4 is 4.74 Å². The van der Waals surface area contributed by atoms with Gasteiger partial charge in [0, 0.05) is 9.11 Å². The van der Waals surface area contributed by atoms with Gasteiger partial charge in [0.15, 0.2) is 0 Å². The molecule has 64 valence electrons. The van der Waals surface area contributed by atoms with Crippen LogP contribution in [0.25, 0.3) is 0 Å². The summed E-state index contributed by atoms with van der Waals surface area (Å²) in [6, 6.07) is -0.801. The Morgan fingerprint density at radius 2 is 2.42 bits per heavy atom. The van der Waals surface area contributed by atoms with Gasteiger partial charge in [0.05, 0.1) is 13.4 Å². The second-order valence-corrected chi connectivity index (χ2v) is 2.98. The molecule has 0 saturated carbocycles. The number of benzene rings is 1. The molecule has 0 amide bonds. The predicted molar refractivity (Wildman–Crippen MR) is 49.7 cm³/mol. The van der Waals surface area contributed by atoms with Crippen molar-refractivity contribution in [3.8, 4) is 5.75 Å². The molecule has 0 aromatic heterocycles. The first-order chi connectivity index (χ1) is 8.52. The van der Waals surface area contributed by atoms with Crippen LogP contribution in [-0.2, 0) is 6.37 Å². The average molecular weight is 169 g/mol. The van der Waals surface area contributed by atoms with Crippen molar-refractivity contribution in [3.63, 3.8) is 0 Å². The van der Waals surface area contributed by atoms with Crippen LogP contribution in [-0.4, -0.2) is 6.56 Å². The maximum atomic E-state index is 8.04. The molecule has 1 heteroatoms. The monoisotopic (exact) mass is 169 g/mol.